The van der Waals surface area contributed by atoms with Crippen LogP contribution in [0.1, 0.15) is 37.7 Å². The highest BCUT2D eigenvalue weighted by atomic mass is 32.2. The largest absolute Gasteiger partial charge is 0.294 e. The molecule has 4 N–H and O–H groups in total. The molecule has 0 aliphatic heterocycles. The highest BCUT2D eigenvalue weighted by Gasteiger charge is 2.23. The zero-order chi connectivity index (χ0) is 16.6. The van der Waals surface area contributed by atoms with Gasteiger partial charge in [0.2, 0.25) is 0 Å². The Bertz CT molecular complexity index is 587. The van der Waals surface area contributed by atoms with Crippen LogP contribution >= 0.6 is 0 Å². The molecule has 0 aromatic heterocycles. The minimum atomic E-state index is -4.02. The monoisotopic (exact) mass is 325 g/mol. The molecular weight excluding hydrogens is 302 g/mol. The fraction of sp³-hybridized carbons (Fsp3) is 0.533. The van der Waals surface area contributed by atoms with E-state index >= 15 is 0 Å². The molecule has 6 nitrogen and oxygen atoms in total. The van der Waals surface area contributed by atoms with Gasteiger partial charge in [-0.1, -0.05) is 30.5 Å². The molecule has 0 amide bonds. The van der Waals surface area contributed by atoms with Crippen LogP contribution in [-0.4, -0.2) is 19.0 Å². The molecule has 1 atom stereocenters. The van der Waals surface area contributed by atoms with Crippen LogP contribution in [0.4, 0.5) is 0 Å². The summed E-state index contributed by atoms with van der Waals surface area (Å²) in [5.74, 6) is 5.98. The quantitative estimate of drug-likeness (QED) is 0.444. The number of nitriles is 1. The summed E-state index contributed by atoms with van der Waals surface area (Å²) in [6, 6.07) is 8.37. The highest BCUT2D eigenvalue weighted by Crippen LogP contribution is 2.28. The first-order chi connectivity index (χ1) is 10.4. The van der Waals surface area contributed by atoms with Crippen molar-refractivity contribution in [3.8, 4) is 6.07 Å². The summed E-state index contributed by atoms with van der Waals surface area (Å²) in [6.07, 6.45) is 5.61. The fourth-order valence-corrected chi connectivity index (χ4v) is 3.01. The number of nitrogens with one attached hydrogen (secondary N) is 1. The Morgan fingerprint density at radius 1 is 1.36 bits per heavy atom. The van der Waals surface area contributed by atoms with Crippen molar-refractivity contribution in [2.45, 2.75) is 50.0 Å². The first-order valence-corrected chi connectivity index (χ1v) is 8.69. The Hall–Kier alpha value is -1.46. The molecule has 0 bridgehead atoms. The lowest BCUT2D eigenvalue weighted by Crippen LogP contribution is -2.39. The van der Waals surface area contributed by atoms with Crippen LogP contribution in [0.15, 0.2) is 29.2 Å². The van der Waals surface area contributed by atoms with Crippen LogP contribution in [0, 0.1) is 24.2 Å². The number of hydrogen-bond acceptors (Lipinski definition) is 5. The minimum absolute atomic E-state index is 0.0666. The van der Waals surface area contributed by atoms with Crippen LogP contribution in [0.5, 0.6) is 0 Å². The van der Waals surface area contributed by atoms with E-state index in [0.717, 1.165) is 5.56 Å². The molecule has 2 rings (SSSR count). The van der Waals surface area contributed by atoms with Crippen molar-refractivity contribution in [2.75, 3.05) is 0 Å². The molecule has 1 aliphatic rings. The maximum absolute atomic E-state index is 10.5. The lowest BCUT2D eigenvalue weighted by Gasteiger charge is -2.18. The minimum Gasteiger partial charge on any atom is -0.282 e. The first-order valence-electron chi connectivity index (χ1n) is 7.25. The van der Waals surface area contributed by atoms with Crippen molar-refractivity contribution in [1.82, 2.24) is 5.43 Å². The van der Waals surface area contributed by atoms with Crippen molar-refractivity contribution in [2.24, 2.45) is 11.8 Å². The highest BCUT2D eigenvalue weighted by molar-refractivity contribution is 7.85. The van der Waals surface area contributed by atoms with Gasteiger partial charge in [-0.25, -0.2) is 0 Å². The van der Waals surface area contributed by atoms with Crippen LogP contribution in [0.2, 0.25) is 0 Å². The van der Waals surface area contributed by atoms with E-state index in [1.165, 1.54) is 37.8 Å². The second-order valence-electron chi connectivity index (χ2n) is 5.47. The lowest BCUT2D eigenvalue weighted by atomic mass is 9.97. The van der Waals surface area contributed by atoms with E-state index in [1.807, 2.05) is 6.92 Å². The van der Waals surface area contributed by atoms with Gasteiger partial charge in [0.25, 0.3) is 10.1 Å². The predicted molar refractivity (Wildman–Crippen MR) is 84.3 cm³/mol. The van der Waals surface area contributed by atoms with Gasteiger partial charge in [-0.15, -0.1) is 0 Å². The molecule has 1 saturated carbocycles. The summed E-state index contributed by atoms with van der Waals surface area (Å²) < 4.78 is 29.6. The smallest absolute Gasteiger partial charge is 0.282 e. The molecule has 1 aromatic rings. The number of rotatable bonds is 4. The standard InChI is InChI=1S/C8H15N3.C7H8O3S/c9-6-5-8(11-10)7-3-1-2-4-7;1-6-2-4-7(5-3-6)11(8,9)10/h7-8,11H,1-5,10H2;2-5H,1H3,(H,8,9,10). The van der Waals surface area contributed by atoms with Gasteiger partial charge in [-0.3, -0.25) is 15.8 Å². The van der Waals surface area contributed by atoms with Gasteiger partial charge >= 0.3 is 0 Å². The van der Waals surface area contributed by atoms with Gasteiger partial charge in [0.15, 0.2) is 0 Å². The molecule has 0 spiro atoms. The van der Waals surface area contributed by atoms with Crippen molar-refractivity contribution < 1.29 is 13.0 Å². The Labute approximate surface area is 132 Å². The first kappa shape index (κ1) is 18.6. The summed E-state index contributed by atoms with van der Waals surface area (Å²) >= 11 is 0. The summed E-state index contributed by atoms with van der Waals surface area (Å²) in [5, 5.41) is 8.48. The van der Waals surface area contributed by atoms with Crippen molar-refractivity contribution >= 4 is 10.1 Å². The van der Waals surface area contributed by atoms with E-state index < -0.39 is 10.1 Å². The van der Waals surface area contributed by atoms with E-state index in [0.29, 0.717) is 12.3 Å². The normalized spacial score (nSPS) is 16.5. The van der Waals surface area contributed by atoms with E-state index in [-0.39, 0.29) is 10.9 Å². The Balaban J connectivity index is 0.000000220. The fourth-order valence-electron chi connectivity index (χ4n) is 2.53. The Kier molecular flexibility index (Phi) is 7.48. The molecular formula is C15H23N3O3S. The average Bonchev–Trinajstić information content (AvgIpc) is 2.99. The molecule has 7 heteroatoms. The van der Waals surface area contributed by atoms with E-state index in [4.69, 9.17) is 15.7 Å². The van der Waals surface area contributed by atoms with Crippen LogP contribution in [0.3, 0.4) is 0 Å². The topological polar surface area (TPSA) is 116 Å². The molecule has 0 heterocycles. The maximum atomic E-state index is 10.5. The number of hydrogen-bond donors (Lipinski definition) is 3. The number of nitrogens with zero attached hydrogens (tertiary/aromatic N) is 1. The third-order valence-electron chi connectivity index (χ3n) is 3.81. The van der Waals surface area contributed by atoms with Gasteiger partial charge < -0.3 is 0 Å². The third kappa shape index (κ3) is 6.12. The van der Waals surface area contributed by atoms with Gasteiger partial charge in [0.1, 0.15) is 0 Å². The van der Waals surface area contributed by atoms with E-state index in [9.17, 15) is 8.42 Å². The van der Waals surface area contributed by atoms with Gasteiger partial charge in [-0.2, -0.15) is 13.7 Å². The number of aryl methyl sites for hydroxylation is 1. The predicted octanol–water partition coefficient (Wildman–Crippen LogP) is 2.16. The molecule has 1 fully saturated rings. The molecule has 0 saturated heterocycles. The summed E-state index contributed by atoms with van der Waals surface area (Å²) in [4.78, 5) is -0.0666. The summed E-state index contributed by atoms with van der Waals surface area (Å²) in [6.45, 7) is 1.84. The van der Waals surface area contributed by atoms with Crippen molar-refractivity contribution in [1.29, 1.82) is 5.26 Å². The molecule has 1 unspecified atom stereocenters. The molecule has 122 valence electrons. The van der Waals surface area contributed by atoms with Crippen LogP contribution in [-0.2, 0) is 10.1 Å². The van der Waals surface area contributed by atoms with Crippen LogP contribution < -0.4 is 11.3 Å². The Morgan fingerprint density at radius 3 is 2.32 bits per heavy atom. The molecule has 22 heavy (non-hydrogen) atoms. The maximum Gasteiger partial charge on any atom is 0.294 e. The van der Waals surface area contributed by atoms with Gasteiger partial charge in [0.05, 0.1) is 17.4 Å². The molecule has 1 aliphatic carbocycles. The van der Waals surface area contributed by atoms with E-state index in [2.05, 4.69) is 11.5 Å². The van der Waals surface area contributed by atoms with E-state index in [1.54, 1.807) is 12.1 Å². The molecule has 1 aromatic carbocycles. The average molecular weight is 325 g/mol. The zero-order valence-electron chi connectivity index (χ0n) is 12.7. The molecule has 0 radical (unpaired) electrons. The van der Waals surface area contributed by atoms with Crippen LogP contribution in [0.25, 0.3) is 0 Å². The van der Waals surface area contributed by atoms with Gasteiger partial charge in [-0.05, 0) is 37.8 Å². The SMILES string of the molecule is Cc1ccc(S(=O)(=O)O)cc1.N#CCC(NN)C1CCCC1. The summed E-state index contributed by atoms with van der Waals surface area (Å²) in [5.41, 5.74) is 3.68. The zero-order valence-corrected chi connectivity index (χ0v) is 13.5. The lowest BCUT2D eigenvalue weighted by molar-refractivity contribution is 0.368. The number of hydrazine groups is 1. The van der Waals surface area contributed by atoms with Crippen molar-refractivity contribution in [3.63, 3.8) is 0 Å². The third-order valence-corrected chi connectivity index (χ3v) is 4.68. The number of nitrogens with two attached hydrogens (primary N) is 1. The second kappa shape index (κ2) is 8.86. The summed E-state index contributed by atoms with van der Waals surface area (Å²) in [7, 11) is -4.02. The second-order valence-corrected chi connectivity index (χ2v) is 6.89. The van der Waals surface area contributed by atoms with Gasteiger partial charge in [0, 0.05) is 6.04 Å². The van der Waals surface area contributed by atoms with Crippen molar-refractivity contribution in [3.05, 3.63) is 29.8 Å². The number of benzene rings is 1. The Morgan fingerprint density at radius 2 is 1.91 bits per heavy atom.